The molecule has 21 heteroatoms. The predicted octanol–water partition coefficient (Wildman–Crippen LogP) is -1.36. The third-order valence-electron chi connectivity index (χ3n) is 8.69. The van der Waals surface area contributed by atoms with Gasteiger partial charge in [0.25, 0.3) is 5.91 Å². The third-order valence-corrected chi connectivity index (χ3v) is 8.69. The zero-order valence-corrected chi connectivity index (χ0v) is 33.7. The summed E-state index contributed by atoms with van der Waals surface area (Å²) in [5, 5.41) is 46.1. The molecule has 0 unspecified atom stereocenters. The first-order valence-corrected chi connectivity index (χ1v) is 19.4. The molecule has 330 valence electrons. The molecule has 1 rings (SSSR count). The zero-order valence-electron chi connectivity index (χ0n) is 33.7. The summed E-state index contributed by atoms with van der Waals surface area (Å²) in [5.74, 6) is -7.01. The minimum atomic E-state index is -1.28. The first kappa shape index (κ1) is 51.3. The number of rotatable bonds is 34. The monoisotopic (exact) mass is 836 g/mol. The Labute approximate surface area is 343 Å². The van der Waals surface area contributed by atoms with Crippen LogP contribution in [-0.4, -0.2) is 185 Å². The van der Waals surface area contributed by atoms with Gasteiger partial charge in [-0.25, -0.2) is 0 Å². The van der Waals surface area contributed by atoms with E-state index in [-0.39, 0.29) is 77.0 Å². The molecule has 0 aliphatic carbocycles. The number of nitrogens with two attached hydrogens (primary N) is 1. The lowest BCUT2D eigenvalue weighted by molar-refractivity contribution is -0.146. The topological polar surface area (TPSA) is 310 Å². The van der Waals surface area contributed by atoms with Gasteiger partial charge in [-0.15, -0.1) is 0 Å². The summed E-state index contributed by atoms with van der Waals surface area (Å²) in [5.41, 5.74) is 6.49. The summed E-state index contributed by atoms with van der Waals surface area (Å²) >= 11 is 0. The molecule has 0 aromatic heterocycles. The Bertz CT molecular complexity index is 1560. The SMILES string of the molecule is Cc1cccc(C(=O)NCCCCN(CC(=O)O)C(=O)CN(CCN(CCN(CC(=O)O)CC(=O)NCCCCNC(=O)CCCCC(N)=O)CC(=O)O)CC(=O)O)c1. The third kappa shape index (κ3) is 26.8. The number of nitrogens with zero attached hydrogens (tertiary/aromatic N) is 4. The fourth-order valence-electron chi connectivity index (χ4n) is 5.74. The van der Waals surface area contributed by atoms with Crippen LogP contribution >= 0.6 is 0 Å². The van der Waals surface area contributed by atoms with Crippen LogP contribution < -0.4 is 21.7 Å². The van der Waals surface area contributed by atoms with Gasteiger partial charge in [0.2, 0.25) is 23.6 Å². The number of carboxylic acids is 4. The lowest BCUT2D eigenvalue weighted by Gasteiger charge is -2.29. The van der Waals surface area contributed by atoms with E-state index in [1.54, 1.807) is 18.2 Å². The molecule has 0 atom stereocenters. The Hall–Kier alpha value is -5.67. The van der Waals surface area contributed by atoms with Crippen LogP contribution in [0.1, 0.15) is 67.3 Å². The fourth-order valence-corrected chi connectivity index (χ4v) is 5.74. The van der Waals surface area contributed by atoms with Crippen LogP contribution in [0.5, 0.6) is 0 Å². The Morgan fingerprint density at radius 2 is 1.03 bits per heavy atom. The number of carboxylic acid groups (broad SMARTS) is 4. The van der Waals surface area contributed by atoms with Gasteiger partial charge in [0, 0.05) is 70.8 Å². The highest BCUT2D eigenvalue weighted by Crippen LogP contribution is 2.05. The maximum Gasteiger partial charge on any atom is 0.323 e. The van der Waals surface area contributed by atoms with Gasteiger partial charge in [-0.1, -0.05) is 17.7 Å². The molecule has 5 amide bonds. The van der Waals surface area contributed by atoms with Crippen molar-refractivity contribution in [2.45, 2.75) is 58.3 Å². The first-order valence-electron chi connectivity index (χ1n) is 19.4. The van der Waals surface area contributed by atoms with Gasteiger partial charge in [-0.05, 0) is 57.6 Å². The standard InChI is InChI=1S/C38H60N8O13/c1-28-9-8-10-29(21-28)38(59)42-15-6-7-16-46(27-37(57)58)33(50)23-45(26-36(55)56)20-18-43(24-34(51)52)17-19-44(25-35(53)54)22-32(49)41-14-5-4-13-40-31(48)12-3-2-11-30(39)47/h8-10,21H,2-7,11-20,22-27H2,1H3,(H2,39,47)(H,40,48)(H,41,49)(H,42,59)(H,51,52)(H,53,54)(H,55,56)(H,57,58). The van der Waals surface area contributed by atoms with Crippen molar-refractivity contribution < 1.29 is 63.6 Å². The number of benzene rings is 1. The van der Waals surface area contributed by atoms with E-state index < -0.39 is 74.3 Å². The molecule has 0 aliphatic rings. The number of aliphatic carboxylic acids is 4. The number of hydrogen-bond acceptors (Lipinski definition) is 12. The van der Waals surface area contributed by atoms with Gasteiger partial charge in [0.15, 0.2) is 0 Å². The first-order chi connectivity index (χ1) is 27.9. The van der Waals surface area contributed by atoms with Crippen LogP contribution in [0.2, 0.25) is 0 Å². The maximum absolute atomic E-state index is 13.2. The molecule has 0 spiro atoms. The van der Waals surface area contributed by atoms with E-state index in [9.17, 15) is 63.6 Å². The number of carbonyl (C=O) groups excluding carboxylic acids is 5. The van der Waals surface area contributed by atoms with E-state index in [0.717, 1.165) is 10.5 Å². The molecule has 0 fully saturated rings. The molecule has 0 aliphatic heterocycles. The number of hydrogen-bond donors (Lipinski definition) is 8. The minimum Gasteiger partial charge on any atom is -0.480 e. The lowest BCUT2D eigenvalue weighted by atomic mass is 10.1. The Kier molecular flexibility index (Phi) is 25.7. The van der Waals surface area contributed by atoms with Gasteiger partial charge in [0.1, 0.15) is 6.54 Å². The highest BCUT2D eigenvalue weighted by Gasteiger charge is 2.23. The molecular formula is C38H60N8O13. The molecule has 59 heavy (non-hydrogen) atoms. The van der Waals surface area contributed by atoms with Gasteiger partial charge in [-0.2, -0.15) is 0 Å². The molecule has 0 saturated heterocycles. The predicted molar refractivity (Wildman–Crippen MR) is 212 cm³/mol. The normalized spacial score (nSPS) is 11.0. The van der Waals surface area contributed by atoms with E-state index in [0.29, 0.717) is 50.6 Å². The quantitative estimate of drug-likeness (QED) is 0.0372. The fraction of sp³-hybridized carbons (Fsp3) is 0.605. The van der Waals surface area contributed by atoms with Crippen molar-refractivity contribution >= 4 is 53.4 Å². The second-order valence-corrected chi connectivity index (χ2v) is 14.0. The van der Waals surface area contributed by atoms with E-state index >= 15 is 0 Å². The van der Waals surface area contributed by atoms with Crippen molar-refractivity contribution in [3.05, 3.63) is 35.4 Å². The number of unbranched alkanes of at least 4 members (excludes halogenated alkanes) is 3. The second kappa shape index (κ2) is 29.5. The molecular weight excluding hydrogens is 776 g/mol. The van der Waals surface area contributed by atoms with Crippen LogP contribution in [-0.2, 0) is 38.4 Å². The summed E-state index contributed by atoms with van der Waals surface area (Å²) in [7, 11) is 0. The Morgan fingerprint density at radius 3 is 1.59 bits per heavy atom. The molecule has 9 N–H and O–H groups in total. The van der Waals surface area contributed by atoms with Gasteiger partial charge >= 0.3 is 23.9 Å². The number of aryl methyl sites for hydroxylation is 1. The van der Waals surface area contributed by atoms with Crippen molar-refractivity contribution in [1.29, 1.82) is 0 Å². The van der Waals surface area contributed by atoms with Crippen molar-refractivity contribution in [2.75, 3.05) is 91.6 Å². The molecule has 0 radical (unpaired) electrons. The number of nitrogens with one attached hydrogen (secondary N) is 3. The van der Waals surface area contributed by atoms with Crippen LogP contribution in [0, 0.1) is 6.92 Å². The highest BCUT2D eigenvalue weighted by atomic mass is 16.4. The highest BCUT2D eigenvalue weighted by molar-refractivity contribution is 5.94. The van der Waals surface area contributed by atoms with Gasteiger partial charge < -0.3 is 47.0 Å². The van der Waals surface area contributed by atoms with Crippen molar-refractivity contribution in [3.63, 3.8) is 0 Å². The van der Waals surface area contributed by atoms with Crippen LogP contribution in [0.15, 0.2) is 24.3 Å². The van der Waals surface area contributed by atoms with Crippen LogP contribution in [0.25, 0.3) is 0 Å². The van der Waals surface area contributed by atoms with E-state index in [1.807, 2.05) is 13.0 Å². The summed E-state index contributed by atoms with van der Waals surface area (Å²) < 4.78 is 0. The van der Waals surface area contributed by atoms with E-state index in [4.69, 9.17) is 5.73 Å². The van der Waals surface area contributed by atoms with Gasteiger partial charge in [-0.3, -0.25) is 57.9 Å². The molecule has 0 heterocycles. The van der Waals surface area contributed by atoms with E-state index in [1.165, 1.54) is 14.7 Å². The van der Waals surface area contributed by atoms with Crippen molar-refractivity contribution in [1.82, 2.24) is 35.6 Å². The number of amides is 5. The molecule has 21 nitrogen and oxygen atoms in total. The number of carbonyl (C=O) groups is 9. The minimum absolute atomic E-state index is 0.0184. The maximum atomic E-state index is 13.2. The van der Waals surface area contributed by atoms with Crippen LogP contribution in [0.4, 0.5) is 0 Å². The van der Waals surface area contributed by atoms with Crippen molar-refractivity contribution in [2.24, 2.45) is 5.73 Å². The van der Waals surface area contributed by atoms with E-state index in [2.05, 4.69) is 16.0 Å². The summed E-state index contributed by atoms with van der Waals surface area (Å²) in [6.45, 7) is -0.583. The average Bonchev–Trinajstić information content (AvgIpc) is 3.14. The molecule has 1 aromatic carbocycles. The van der Waals surface area contributed by atoms with Gasteiger partial charge in [0.05, 0.1) is 32.7 Å². The van der Waals surface area contributed by atoms with Crippen molar-refractivity contribution in [3.8, 4) is 0 Å². The largest absolute Gasteiger partial charge is 0.480 e. The Balaban J connectivity index is 2.69. The van der Waals surface area contributed by atoms with Crippen LogP contribution in [0.3, 0.4) is 0 Å². The average molecular weight is 837 g/mol. The smallest absolute Gasteiger partial charge is 0.323 e. The Morgan fingerprint density at radius 1 is 0.542 bits per heavy atom. The summed E-state index contributed by atoms with van der Waals surface area (Å²) in [6, 6.07) is 7.03. The second-order valence-electron chi connectivity index (χ2n) is 14.0. The lowest BCUT2D eigenvalue weighted by Crippen LogP contribution is -2.48. The summed E-state index contributed by atoms with van der Waals surface area (Å²) in [4.78, 5) is 112. The molecule has 0 bridgehead atoms. The number of primary amides is 1. The molecule has 0 saturated carbocycles. The molecule has 1 aromatic rings. The zero-order chi connectivity index (χ0) is 44.2. The summed E-state index contributed by atoms with van der Waals surface area (Å²) in [6.07, 6.45) is 3.40.